The largest absolute Gasteiger partial charge is 0.378 e. The van der Waals surface area contributed by atoms with E-state index in [9.17, 15) is 8.42 Å². The van der Waals surface area contributed by atoms with Crippen molar-refractivity contribution in [3.8, 4) is 0 Å². The number of hydrogen-bond acceptors (Lipinski definition) is 3. The monoisotopic (exact) mass is 271 g/mol. The molecule has 0 aliphatic carbocycles. The van der Waals surface area contributed by atoms with Crippen molar-refractivity contribution in [3.05, 3.63) is 0 Å². The zero-order valence-electron chi connectivity index (χ0n) is 10.7. The zero-order valence-corrected chi connectivity index (χ0v) is 12.2. The highest BCUT2D eigenvalue weighted by Gasteiger charge is 2.31. The molecule has 0 fully saturated rings. The molecule has 0 radical (unpaired) electrons. The maximum absolute atomic E-state index is 11.9. The molecule has 0 amide bonds. The highest BCUT2D eigenvalue weighted by molar-refractivity contribution is 7.89. The molecule has 0 spiro atoms. The Hall–Kier alpha value is 0.160. The third kappa shape index (κ3) is 4.99. The predicted molar refractivity (Wildman–Crippen MR) is 67.4 cm³/mol. The van der Waals surface area contributed by atoms with E-state index < -0.39 is 15.6 Å². The van der Waals surface area contributed by atoms with Gasteiger partial charge in [-0.1, -0.05) is 0 Å². The van der Waals surface area contributed by atoms with E-state index in [1.807, 2.05) is 13.8 Å². The number of ether oxygens (including phenoxy) is 1. The van der Waals surface area contributed by atoms with E-state index in [4.69, 9.17) is 16.3 Å². The first-order valence-electron chi connectivity index (χ1n) is 5.28. The van der Waals surface area contributed by atoms with E-state index in [-0.39, 0.29) is 24.3 Å². The fraction of sp³-hybridized carbons (Fsp3) is 1.00. The summed E-state index contributed by atoms with van der Waals surface area (Å²) in [7, 11) is -1.75. The van der Waals surface area contributed by atoms with Gasteiger partial charge in [0.15, 0.2) is 0 Å². The van der Waals surface area contributed by atoms with Crippen molar-refractivity contribution in [3.63, 3.8) is 0 Å². The molecule has 0 aliphatic heterocycles. The molecule has 0 heterocycles. The van der Waals surface area contributed by atoms with Crippen molar-refractivity contribution < 1.29 is 13.2 Å². The first kappa shape index (κ1) is 16.2. The van der Waals surface area contributed by atoms with Crippen LogP contribution in [0.3, 0.4) is 0 Å². The van der Waals surface area contributed by atoms with Crippen LogP contribution in [0.25, 0.3) is 0 Å². The lowest BCUT2D eigenvalue weighted by Crippen LogP contribution is -2.47. The highest BCUT2D eigenvalue weighted by atomic mass is 35.5. The maximum Gasteiger partial charge on any atom is 0.216 e. The molecule has 98 valence electrons. The van der Waals surface area contributed by atoms with Crippen LogP contribution in [0, 0.1) is 0 Å². The van der Waals surface area contributed by atoms with Crippen LogP contribution in [0.4, 0.5) is 0 Å². The second-order valence-corrected chi connectivity index (χ2v) is 7.04. The summed E-state index contributed by atoms with van der Waals surface area (Å²) in [5.41, 5.74) is -0.571. The third-order valence-corrected chi connectivity index (χ3v) is 5.05. The molecule has 0 atom stereocenters. The average Bonchev–Trinajstić information content (AvgIpc) is 2.15. The molecule has 0 unspecified atom stereocenters. The van der Waals surface area contributed by atoms with Gasteiger partial charge in [-0.15, -0.1) is 11.6 Å². The number of halogens is 1. The van der Waals surface area contributed by atoms with Crippen LogP contribution in [0.15, 0.2) is 0 Å². The standard InChI is InChI=1S/C10H22ClNO3S/c1-9(2)15-6-7-16(13,14)12(5)10(3,4)8-11/h9H,6-8H2,1-5H3. The summed E-state index contributed by atoms with van der Waals surface area (Å²) in [6.45, 7) is 7.54. The van der Waals surface area contributed by atoms with Crippen LogP contribution in [-0.4, -0.2) is 49.7 Å². The van der Waals surface area contributed by atoms with Crippen molar-refractivity contribution >= 4 is 21.6 Å². The lowest BCUT2D eigenvalue weighted by Gasteiger charge is -2.32. The van der Waals surface area contributed by atoms with E-state index in [0.717, 1.165) is 0 Å². The number of hydrogen-bond donors (Lipinski definition) is 0. The van der Waals surface area contributed by atoms with Gasteiger partial charge in [0.25, 0.3) is 0 Å². The topological polar surface area (TPSA) is 46.6 Å². The van der Waals surface area contributed by atoms with E-state index in [1.165, 1.54) is 4.31 Å². The molecule has 0 aromatic rings. The van der Waals surface area contributed by atoms with Crippen molar-refractivity contribution in [2.24, 2.45) is 0 Å². The Kier molecular flexibility index (Phi) is 6.25. The van der Waals surface area contributed by atoms with Crippen molar-refractivity contribution in [2.45, 2.75) is 39.3 Å². The number of sulfonamides is 1. The summed E-state index contributed by atoms with van der Waals surface area (Å²) >= 11 is 5.74. The summed E-state index contributed by atoms with van der Waals surface area (Å²) in [4.78, 5) is 0. The predicted octanol–water partition coefficient (Wildman–Crippen LogP) is 1.69. The molecule has 0 bridgehead atoms. The van der Waals surface area contributed by atoms with Gasteiger partial charge in [-0.2, -0.15) is 4.31 Å². The summed E-state index contributed by atoms with van der Waals surface area (Å²) in [6.07, 6.45) is 0.0431. The normalized spacial score (nSPS) is 13.8. The minimum absolute atomic E-state index is 0.0119. The Balaban J connectivity index is 4.44. The van der Waals surface area contributed by atoms with E-state index in [0.29, 0.717) is 0 Å². The van der Waals surface area contributed by atoms with Crippen LogP contribution < -0.4 is 0 Å². The molecule has 0 rings (SSSR count). The number of rotatable bonds is 7. The highest BCUT2D eigenvalue weighted by Crippen LogP contribution is 2.18. The van der Waals surface area contributed by atoms with Crippen LogP contribution in [0.2, 0.25) is 0 Å². The molecule has 0 aliphatic rings. The van der Waals surface area contributed by atoms with Gasteiger partial charge < -0.3 is 4.74 Å². The van der Waals surface area contributed by atoms with Gasteiger partial charge in [-0.05, 0) is 27.7 Å². The second kappa shape index (κ2) is 6.19. The summed E-state index contributed by atoms with van der Waals surface area (Å²) in [5, 5.41) is 0. The fourth-order valence-corrected chi connectivity index (χ4v) is 2.64. The van der Waals surface area contributed by atoms with Crippen LogP contribution in [0.5, 0.6) is 0 Å². The average molecular weight is 272 g/mol. The van der Waals surface area contributed by atoms with Crippen molar-refractivity contribution in [1.29, 1.82) is 0 Å². The van der Waals surface area contributed by atoms with E-state index in [1.54, 1.807) is 20.9 Å². The molecule has 0 N–H and O–H groups in total. The Morgan fingerprint density at radius 2 is 1.88 bits per heavy atom. The maximum atomic E-state index is 11.9. The van der Waals surface area contributed by atoms with Crippen LogP contribution in [0.1, 0.15) is 27.7 Å². The minimum Gasteiger partial charge on any atom is -0.378 e. The summed E-state index contributed by atoms with van der Waals surface area (Å²) in [6, 6.07) is 0. The van der Waals surface area contributed by atoms with Gasteiger partial charge in [0.05, 0.1) is 18.5 Å². The molecular weight excluding hydrogens is 250 g/mol. The Morgan fingerprint density at radius 1 is 1.38 bits per heavy atom. The van der Waals surface area contributed by atoms with Gasteiger partial charge in [-0.3, -0.25) is 0 Å². The quantitative estimate of drug-likeness (QED) is 0.662. The van der Waals surface area contributed by atoms with Crippen molar-refractivity contribution in [1.82, 2.24) is 4.31 Å². The fourth-order valence-electron chi connectivity index (χ4n) is 0.987. The minimum atomic E-state index is -3.30. The smallest absolute Gasteiger partial charge is 0.216 e. The summed E-state index contributed by atoms with van der Waals surface area (Å²) < 4.78 is 30.4. The molecular formula is C10H22ClNO3S. The second-order valence-electron chi connectivity index (χ2n) is 4.65. The first-order chi connectivity index (χ1) is 7.13. The van der Waals surface area contributed by atoms with Crippen LogP contribution >= 0.6 is 11.6 Å². The molecule has 0 saturated heterocycles. The molecule has 16 heavy (non-hydrogen) atoms. The van der Waals surface area contributed by atoms with Crippen LogP contribution in [-0.2, 0) is 14.8 Å². The van der Waals surface area contributed by atoms with Crippen molar-refractivity contribution in [2.75, 3.05) is 25.3 Å². The molecule has 0 aromatic heterocycles. The number of nitrogens with zero attached hydrogens (tertiary/aromatic N) is 1. The van der Waals surface area contributed by atoms with Gasteiger partial charge in [0.2, 0.25) is 10.0 Å². The lowest BCUT2D eigenvalue weighted by molar-refractivity contribution is 0.0904. The molecule has 6 heteroatoms. The third-order valence-electron chi connectivity index (χ3n) is 2.39. The number of alkyl halides is 1. The summed E-state index contributed by atoms with van der Waals surface area (Å²) in [5.74, 6) is 0.246. The molecule has 4 nitrogen and oxygen atoms in total. The Labute approximate surface area is 104 Å². The van der Waals surface area contributed by atoms with E-state index in [2.05, 4.69) is 0 Å². The van der Waals surface area contributed by atoms with Gasteiger partial charge in [0, 0.05) is 18.5 Å². The zero-order chi connectivity index (χ0) is 13.0. The molecule has 0 aromatic carbocycles. The van der Waals surface area contributed by atoms with Gasteiger partial charge >= 0.3 is 0 Å². The Bertz CT molecular complexity index is 301. The molecule has 0 saturated carbocycles. The van der Waals surface area contributed by atoms with Gasteiger partial charge in [-0.25, -0.2) is 8.42 Å². The van der Waals surface area contributed by atoms with Gasteiger partial charge in [0.1, 0.15) is 0 Å². The first-order valence-corrected chi connectivity index (χ1v) is 7.42. The Morgan fingerprint density at radius 3 is 2.25 bits per heavy atom. The lowest BCUT2D eigenvalue weighted by atomic mass is 10.1. The van der Waals surface area contributed by atoms with E-state index >= 15 is 0 Å². The SMILES string of the molecule is CC(C)OCCS(=O)(=O)N(C)C(C)(C)CCl.